The summed E-state index contributed by atoms with van der Waals surface area (Å²) >= 11 is 0. The molecule has 1 unspecified atom stereocenters. The quantitative estimate of drug-likeness (QED) is 0.638. The van der Waals surface area contributed by atoms with Crippen LogP contribution in [0.4, 0.5) is 5.69 Å². The number of benzene rings is 1. The molecule has 0 fully saturated rings. The van der Waals surface area contributed by atoms with Crippen LogP contribution >= 0.6 is 0 Å². The van der Waals surface area contributed by atoms with Crippen molar-refractivity contribution in [3.63, 3.8) is 0 Å². The molecule has 0 radical (unpaired) electrons. The van der Waals surface area contributed by atoms with Crippen LogP contribution in [-0.4, -0.2) is 43.1 Å². The van der Waals surface area contributed by atoms with Gasteiger partial charge in [0.15, 0.2) is 6.10 Å². The SMILES string of the molecule is CCN(CC)C(=O)C(C)OC(=O)c1ccc(N)c(OC)c1. The molecule has 1 atom stereocenters. The second-order valence-corrected chi connectivity index (χ2v) is 4.51. The molecule has 1 rings (SSSR count). The van der Waals surface area contributed by atoms with E-state index in [1.807, 2.05) is 13.8 Å². The summed E-state index contributed by atoms with van der Waals surface area (Å²) in [6, 6.07) is 4.59. The van der Waals surface area contributed by atoms with Crippen LogP contribution in [0.5, 0.6) is 5.75 Å². The third-order valence-corrected chi connectivity index (χ3v) is 3.18. The fourth-order valence-corrected chi connectivity index (χ4v) is 1.91. The largest absolute Gasteiger partial charge is 0.495 e. The number of ether oxygens (including phenoxy) is 2. The first-order chi connectivity index (χ1) is 9.94. The van der Waals surface area contributed by atoms with E-state index < -0.39 is 12.1 Å². The Hall–Kier alpha value is -2.24. The minimum atomic E-state index is -0.832. The van der Waals surface area contributed by atoms with Gasteiger partial charge in [-0.25, -0.2) is 4.79 Å². The van der Waals surface area contributed by atoms with Gasteiger partial charge in [0.25, 0.3) is 5.91 Å². The number of rotatable bonds is 6. The highest BCUT2D eigenvalue weighted by molar-refractivity contribution is 5.93. The molecule has 0 saturated heterocycles. The zero-order valence-electron chi connectivity index (χ0n) is 12.9. The number of carbonyl (C=O) groups excluding carboxylic acids is 2. The van der Waals surface area contributed by atoms with Crippen LogP contribution in [0.25, 0.3) is 0 Å². The lowest BCUT2D eigenvalue weighted by atomic mass is 10.2. The van der Waals surface area contributed by atoms with E-state index in [-0.39, 0.29) is 5.91 Å². The number of hydrogen-bond acceptors (Lipinski definition) is 5. The number of methoxy groups -OCH3 is 1. The van der Waals surface area contributed by atoms with Crippen LogP contribution in [-0.2, 0) is 9.53 Å². The minimum absolute atomic E-state index is 0.212. The summed E-state index contributed by atoms with van der Waals surface area (Å²) in [5, 5.41) is 0. The van der Waals surface area contributed by atoms with Gasteiger partial charge in [-0.1, -0.05) is 0 Å². The minimum Gasteiger partial charge on any atom is -0.495 e. The first-order valence-corrected chi connectivity index (χ1v) is 6.87. The number of hydrogen-bond donors (Lipinski definition) is 1. The monoisotopic (exact) mass is 294 g/mol. The van der Waals surface area contributed by atoms with Gasteiger partial charge in [-0.3, -0.25) is 4.79 Å². The Kier molecular flexibility index (Phi) is 6.02. The molecule has 0 bridgehead atoms. The van der Waals surface area contributed by atoms with Crippen molar-refractivity contribution in [1.82, 2.24) is 4.90 Å². The van der Waals surface area contributed by atoms with E-state index in [1.54, 1.807) is 17.9 Å². The smallest absolute Gasteiger partial charge is 0.339 e. The van der Waals surface area contributed by atoms with E-state index in [0.29, 0.717) is 30.1 Å². The van der Waals surface area contributed by atoms with Crippen molar-refractivity contribution in [1.29, 1.82) is 0 Å². The van der Waals surface area contributed by atoms with Crippen molar-refractivity contribution in [3.8, 4) is 5.75 Å². The molecule has 1 amide bonds. The maximum absolute atomic E-state index is 12.1. The third kappa shape index (κ3) is 4.11. The highest BCUT2D eigenvalue weighted by Crippen LogP contribution is 2.22. The maximum atomic E-state index is 12.1. The maximum Gasteiger partial charge on any atom is 0.339 e. The fourth-order valence-electron chi connectivity index (χ4n) is 1.91. The molecule has 2 N–H and O–H groups in total. The zero-order chi connectivity index (χ0) is 16.0. The van der Waals surface area contributed by atoms with Gasteiger partial charge in [0.2, 0.25) is 0 Å². The van der Waals surface area contributed by atoms with Crippen LogP contribution in [0.2, 0.25) is 0 Å². The summed E-state index contributed by atoms with van der Waals surface area (Å²) in [5.41, 5.74) is 6.41. The lowest BCUT2D eigenvalue weighted by molar-refractivity contribution is -0.139. The molecule has 116 valence electrons. The molecular formula is C15H22N2O4. The summed E-state index contributed by atoms with van der Waals surface area (Å²) in [7, 11) is 1.47. The van der Waals surface area contributed by atoms with Crippen molar-refractivity contribution in [3.05, 3.63) is 23.8 Å². The standard InChI is InChI=1S/C15H22N2O4/c1-5-17(6-2)14(18)10(3)21-15(19)11-7-8-12(16)13(9-11)20-4/h7-10H,5-6,16H2,1-4H3. The molecular weight excluding hydrogens is 272 g/mol. The predicted octanol–water partition coefficient (Wildman–Crippen LogP) is 1.69. The van der Waals surface area contributed by atoms with Crippen molar-refractivity contribution >= 4 is 17.6 Å². The van der Waals surface area contributed by atoms with Crippen molar-refractivity contribution in [2.24, 2.45) is 0 Å². The van der Waals surface area contributed by atoms with E-state index >= 15 is 0 Å². The number of carbonyl (C=O) groups is 2. The predicted molar refractivity (Wildman–Crippen MR) is 80.2 cm³/mol. The van der Waals surface area contributed by atoms with Gasteiger partial charge >= 0.3 is 5.97 Å². The van der Waals surface area contributed by atoms with E-state index in [0.717, 1.165) is 0 Å². The van der Waals surface area contributed by atoms with Crippen molar-refractivity contribution in [2.45, 2.75) is 26.9 Å². The number of nitrogens with two attached hydrogens (primary N) is 1. The van der Waals surface area contributed by atoms with Gasteiger partial charge in [-0.15, -0.1) is 0 Å². The first-order valence-electron chi connectivity index (χ1n) is 6.87. The second kappa shape index (κ2) is 7.52. The van der Waals surface area contributed by atoms with Gasteiger partial charge in [-0.05, 0) is 39.0 Å². The molecule has 0 aliphatic heterocycles. The molecule has 1 aromatic carbocycles. The van der Waals surface area contributed by atoms with Gasteiger partial charge in [0.05, 0.1) is 18.4 Å². The van der Waals surface area contributed by atoms with E-state index in [2.05, 4.69) is 0 Å². The Morgan fingerprint density at radius 1 is 1.29 bits per heavy atom. The molecule has 21 heavy (non-hydrogen) atoms. The molecule has 0 saturated carbocycles. The summed E-state index contributed by atoms with van der Waals surface area (Å²) in [6.45, 7) is 6.47. The number of amides is 1. The molecule has 0 spiro atoms. The van der Waals surface area contributed by atoms with E-state index in [9.17, 15) is 9.59 Å². The van der Waals surface area contributed by atoms with E-state index in [1.165, 1.54) is 19.2 Å². The Bertz CT molecular complexity index is 512. The van der Waals surface area contributed by atoms with Crippen molar-refractivity contribution in [2.75, 3.05) is 25.9 Å². The number of esters is 1. The van der Waals surface area contributed by atoms with Crippen LogP contribution in [0, 0.1) is 0 Å². The van der Waals surface area contributed by atoms with Crippen LogP contribution in [0.15, 0.2) is 18.2 Å². The number of nitrogens with zero attached hydrogens (tertiary/aromatic N) is 1. The van der Waals surface area contributed by atoms with Crippen LogP contribution in [0.3, 0.4) is 0 Å². The average Bonchev–Trinajstić information content (AvgIpc) is 2.48. The van der Waals surface area contributed by atoms with Crippen LogP contribution < -0.4 is 10.5 Å². The molecule has 6 heteroatoms. The average molecular weight is 294 g/mol. The van der Waals surface area contributed by atoms with Crippen LogP contribution in [0.1, 0.15) is 31.1 Å². The van der Waals surface area contributed by atoms with E-state index in [4.69, 9.17) is 15.2 Å². The highest BCUT2D eigenvalue weighted by atomic mass is 16.5. The van der Waals surface area contributed by atoms with Crippen molar-refractivity contribution < 1.29 is 19.1 Å². The topological polar surface area (TPSA) is 81.9 Å². The molecule has 0 heterocycles. The Morgan fingerprint density at radius 2 is 1.90 bits per heavy atom. The molecule has 0 aliphatic carbocycles. The van der Waals surface area contributed by atoms with Gasteiger partial charge in [-0.2, -0.15) is 0 Å². The summed E-state index contributed by atoms with van der Waals surface area (Å²) < 4.78 is 10.2. The fraction of sp³-hybridized carbons (Fsp3) is 0.467. The number of anilines is 1. The van der Waals surface area contributed by atoms with Gasteiger partial charge in [0, 0.05) is 13.1 Å². The molecule has 0 aliphatic rings. The molecule has 6 nitrogen and oxygen atoms in total. The molecule has 1 aromatic rings. The normalized spacial score (nSPS) is 11.6. The lowest BCUT2D eigenvalue weighted by Crippen LogP contribution is -2.39. The van der Waals surface area contributed by atoms with Gasteiger partial charge < -0.3 is 20.1 Å². The number of nitrogen functional groups attached to an aromatic ring is 1. The highest BCUT2D eigenvalue weighted by Gasteiger charge is 2.23. The zero-order valence-corrected chi connectivity index (χ0v) is 12.9. The Morgan fingerprint density at radius 3 is 2.43 bits per heavy atom. The summed E-state index contributed by atoms with van der Waals surface area (Å²) in [6.07, 6.45) is -0.832. The molecule has 0 aromatic heterocycles. The summed E-state index contributed by atoms with van der Waals surface area (Å²) in [5.74, 6) is -0.399. The number of likely N-dealkylation sites (N-methyl/N-ethyl adjacent to an activating group) is 1. The van der Waals surface area contributed by atoms with Gasteiger partial charge in [0.1, 0.15) is 5.75 Å². The third-order valence-electron chi connectivity index (χ3n) is 3.18. The Labute approximate surface area is 124 Å². The first kappa shape index (κ1) is 16.8. The Balaban J connectivity index is 2.79. The second-order valence-electron chi connectivity index (χ2n) is 4.51. The lowest BCUT2D eigenvalue weighted by Gasteiger charge is -2.22. The summed E-state index contributed by atoms with van der Waals surface area (Å²) in [4.78, 5) is 25.7.